The molecule has 9 heavy (non-hydrogen) atoms. The van der Waals surface area contributed by atoms with Crippen molar-refractivity contribution >= 4 is 0 Å². The molecule has 1 aliphatic rings. The van der Waals surface area contributed by atoms with Crippen molar-refractivity contribution in [3.8, 4) is 0 Å². The average molecular weight is 130 g/mol. The molecule has 0 amide bonds. The highest BCUT2D eigenvalue weighted by molar-refractivity contribution is 4.64. The van der Waals surface area contributed by atoms with Gasteiger partial charge in [-0.1, -0.05) is 0 Å². The summed E-state index contributed by atoms with van der Waals surface area (Å²) in [6, 6.07) is 0. The molecular formula is C6H14N2O. The van der Waals surface area contributed by atoms with E-state index in [2.05, 4.69) is 18.9 Å². The van der Waals surface area contributed by atoms with E-state index in [0.717, 1.165) is 0 Å². The van der Waals surface area contributed by atoms with Crippen molar-refractivity contribution in [1.29, 1.82) is 0 Å². The van der Waals surface area contributed by atoms with Crippen LogP contribution in [0.5, 0.6) is 0 Å². The van der Waals surface area contributed by atoms with Crippen LogP contribution < -0.4 is 0 Å². The Kier molecular flexibility index (Phi) is 1.75. The minimum atomic E-state index is 0.227. The Bertz CT molecular complexity index is 95.2. The molecule has 2 unspecified atom stereocenters. The van der Waals surface area contributed by atoms with Crippen LogP contribution >= 0.6 is 0 Å². The van der Waals surface area contributed by atoms with E-state index in [1.807, 2.05) is 19.0 Å². The van der Waals surface area contributed by atoms with E-state index in [0.29, 0.717) is 6.17 Å². The molecule has 1 rings (SSSR count). The number of rotatable bonds is 0. The molecule has 0 aromatic rings. The number of hydroxylamine groups is 2. The summed E-state index contributed by atoms with van der Waals surface area (Å²) in [5, 5.41) is 1.87. The summed E-state index contributed by atoms with van der Waals surface area (Å²) in [4.78, 5) is 7.51. The monoisotopic (exact) mass is 130 g/mol. The molecule has 0 aromatic carbocycles. The molecule has 1 aliphatic heterocycles. The van der Waals surface area contributed by atoms with Gasteiger partial charge < -0.3 is 0 Å². The Hall–Kier alpha value is -0.120. The van der Waals surface area contributed by atoms with Gasteiger partial charge in [0.2, 0.25) is 0 Å². The molecule has 2 atom stereocenters. The highest BCUT2D eigenvalue weighted by Crippen LogP contribution is 2.16. The molecule has 0 aromatic heterocycles. The van der Waals surface area contributed by atoms with Crippen LogP contribution in [0.1, 0.15) is 13.8 Å². The molecule has 54 valence electrons. The first-order valence-corrected chi connectivity index (χ1v) is 3.24. The lowest BCUT2D eigenvalue weighted by molar-refractivity contribution is -0.137. The molecule has 0 radical (unpaired) electrons. The van der Waals surface area contributed by atoms with Crippen LogP contribution in [0.25, 0.3) is 0 Å². The quantitative estimate of drug-likeness (QED) is 0.474. The molecule has 1 saturated heterocycles. The third-order valence-corrected chi connectivity index (χ3v) is 2.01. The molecule has 0 saturated carbocycles. The van der Waals surface area contributed by atoms with Gasteiger partial charge in [0.15, 0.2) is 0 Å². The Labute approximate surface area is 56.1 Å². The van der Waals surface area contributed by atoms with Gasteiger partial charge in [-0.15, -0.1) is 0 Å². The van der Waals surface area contributed by atoms with Crippen LogP contribution in [0.4, 0.5) is 0 Å². The van der Waals surface area contributed by atoms with Gasteiger partial charge in [-0.2, -0.15) is 5.06 Å². The second kappa shape index (κ2) is 2.25. The lowest BCUT2D eigenvalue weighted by Crippen LogP contribution is -2.32. The lowest BCUT2D eigenvalue weighted by atomic mass is 10.5. The maximum absolute atomic E-state index is 5.34. The number of nitrogens with zero attached hydrogens (tertiary/aromatic N) is 2. The second-order valence-electron chi connectivity index (χ2n) is 2.55. The fourth-order valence-electron chi connectivity index (χ4n) is 0.963. The van der Waals surface area contributed by atoms with E-state index in [9.17, 15) is 0 Å². The maximum Gasteiger partial charge on any atom is 0.130 e. The number of hydrogen-bond donors (Lipinski definition) is 0. The number of hydrogen-bond acceptors (Lipinski definition) is 3. The van der Waals surface area contributed by atoms with E-state index in [1.54, 1.807) is 0 Å². The highest BCUT2D eigenvalue weighted by atomic mass is 16.7. The summed E-state index contributed by atoms with van der Waals surface area (Å²) >= 11 is 0. The zero-order valence-corrected chi connectivity index (χ0v) is 6.46. The van der Waals surface area contributed by atoms with Gasteiger partial charge in [0.05, 0.1) is 6.17 Å². The molecule has 0 aliphatic carbocycles. The van der Waals surface area contributed by atoms with Crippen LogP contribution in [0.3, 0.4) is 0 Å². The van der Waals surface area contributed by atoms with Crippen molar-refractivity contribution in [3.63, 3.8) is 0 Å². The van der Waals surface area contributed by atoms with Crippen LogP contribution in [0.15, 0.2) is 0 Å². The standard InChI is InChI=1S/C6H14N2O/c1-5-7(3)6(2)9-8(5)4/h5-6H,1-4H3. The van der Waals surface area contributed by atoms with Gasteiger partial charge in [0.1, 0.15) is 6.23 Å². The Morgan fingerprint density at radius 3 is 1.89 bits per heavy atom. The zero-order chi connectivity index (χ0) is 7.02. The topological polar surface area (TPSA) is 15.7 Å². The van der Waals surface area contributed by atoms with Gasteiger partial charge >= 0.3 is 0 Å². The molecular weight excluding hydrogens is 116 g/mol. The van der Waals surface area contributed by atoms with Crippen molar-refractivity contribution in [2.75, 3.05) is 14.1 Å². The third-order valence-electron chi connectivity index (χ3n) is 2.01. The first-order valence-electron chi connectivity index (χ1n) is 3.24. The van der Waals surface area contributed by atoms with Crippen molar-refractivity contribution in [2.45, 2.75) is 26.2 Å². The Morgan fingerprint density at radius 2 is 1.78 bits per heavy atom. The van der Waals surface area contributed by atoms with E-state index >= 15 is 0 Å². The van der Waals surface area contributed by atoms with Crippen LogP contribution in [-0.4, -0.2) is 36.5 Å². The highest BCUT2D eigenvalue weighted by Gasteiger charge is 2.29. The SMILES string of the molecule is CC1ON(C)C(C)N1C. The van der Waals surface area contributed by atoms with Gasteiger partial charge in [0, 0.05) is 7.05 Å². The van der Waals surface area contributed by atoms with Gasteiger partial charge in [-0.3, -0.25) is 9.74 Å². The maximum atomic E-state index is 5.34. The predicted octanol–water partition coefficient (Wildman–Crippen LogP) is 0.487. The second-order valence-corrected chi connectivity index (χ2v) is 2.55. The lowest BCUT2D eigenvalue weighted by Gasteiger charge is -2.16. The first kappa shape index (κ1) is 6.99. The molecule has 3 nitrogen and oxygen atoms in total. The van der Waals surface area contributed by atoms with E-state index in [-0.39, 0.29) is 6.23 Å². The predicted molar refractivity (Wildman–Crippen MR) is 35.5 cm³/mol. The summed E-state index contributed by atoms with van der Waals surface area (Å²) in [7, 11) is 4.00. The minimum absolute atomic E-state index is 0.227. The molecule has 0 bridgehead atoms. The van der Waals surface area contributed by atoms with Crippen LogP contribution in [0, 0.1) is 0 Å². The van der Waals surface area contributed by atoms with Crippen molar-refractivity contribution < 1.29 is 4.84 Å². The molecule has 3 heteroatoms. The fraction of sp³-hybridized carbons (Fsp3) is 1.00. The summed E-state index contributed by atoms with van der Waals surface area (Å²) in [5.41, 5.74) is 0. The van der Waals surface area contributed by atoms with Crippen molar-refractivity contribution in [3.05, 3.63) is 0 Å². The first-order chi connectivity index (χ1) is 4.13. The zero-order valence-electron chi connectivity index (χ0n) is 6.46. The fourth-order valence-corrected chi connectivity index (χ4v) is 0.963. The normalized spacial score (nSPS) is 40.0. The summed E-state index contributed by atoms with van der Waals surface area (Å²) in [5.74, 6) is 0. The minimum Gasteiger partial charge on any atom is -0.279 e. The largest absolute Gasteiger partial charge is 0.279 e. The van der Waals surface area contributed by atoms with Crippen LogP contribution in [0.2, 0.25) is 0 Å². The van der Waals surface area contributed by atoms with Gasteiger partial charge in [-0.05, 0) is 20.9 Å². The van der Waals surface area contributed by atoms with Crippen molar-refractivity contribution in [1.82, 2.24) is 9.96 Å². The Morgan fingerprint density at radius 1 is 1.22 bits per heavy atom. The van der Waals surface area contributed by atoms with Gasteiger partial charge in [0.25, 0.3) is 0 Å². The molecule has 1 heterocycles. The summed E-state index contributed by atoms with van der Waals surface area (Å²) < 4.78 is 0. The smallest absolute Gasteiger partial charge is 0.130 e. The average Bonchev–Trinajstić information content (AvgIpc) is 1.98. The van der Waals surface area contributed by atoms with E-state index < -0.39 is 0 Å². The summed E-state index contributed by atoms with van der Waals surface area (Å²) in [6.07, 6.45) is 0.630. The van der Waals surface area contributed by atoms with Gasteiger partial charge in [-0.25, -0.2) is 0 Å². The molecule has 0 spiro atoms. The van der Waals surface area contributed by atoms with Crippen LogP contribution in [-0.2, 0) is 4.84 Å². The Balaban J connectivity index is 2.54. The van der Waals surface area contributed by atoms with E-state index in [4.69, 9.17) is 4.84 Å². The van der Waals surface area contributed by atoms with Crippen molar-refractivity contribution in [2.24, 2.45) is 0 Å². The summed E-state index contributed by atoms with van der Waals surface area (Å²) in [6.45, 7) is 4.16. The van der Waals surface area contributed by atoms with E-state index in [1.165, 1.54) is 0 Å². The third kappa shape index (κ3) is 1.08. The molecule has 1 fully saturated rings. The molecule has 0 N–H and O–H groups in total.